The molecule has 0 aliphatic carbocycles. The van der Waals surface area contributed by atoms with Gasteiger partial charge in [0.25, 0.3) is 0 Å². The molecule has 7 heteroatoms. The second kappa shape index (κ2) is 12.5. The Balaban J connectivity index is 1.93. The standard InChI is InChI=1S/C28H40O7/c1-19(15-20(2)22(4)29)17-33-26(30)16-21(3)28(7)25(34-27(5,6)35-28)13-14-32-18-23-9-11-24(31-8)12-10-23/h9-12,16,20,25H,1,13-15,17-18H2,2-8H3/b21-16+/t20-,25+,28+/m0/s1. The zero-order valence-corrected chi connectivity index (χ0v) is 22.1. The number of carbonyl (C=O) groups is 2. The lowest BCUT2D eigenvalue weighted by atomic mass is 9.89. The molecule has 1 aromatic carbocycles. The predicted octanol–water partition coefficient (Wildman–Crippen LogP) is 5.17. The second-order valence-corrected chi connectivity index (χ2v) is 9.81. The minimum absolute atomic E-state index is 0.0719. The normalized spacial score (nSPS) is 22.5. The molecule has 0 radical (unpaired) electrons. The first-order valence-electron chi connectivity index (χ1n) is 12.0. The van der Waals surface area contributed by atoms with Gasteiger partial charge in [-0.2, -0.15) is 0 Å². The molecule has 1 aromatic rings. The highest BCUT2D eigenvalue weighted by Gasteiger charge is 2.51. The van der Waals surface area contributed by atoms with Gasteiger partial charge in [-0.15, -0.1) is 0 Å². The van der Waals surface area contributed by atoms with E-state index in [1.807, 2.05) is 58.9 Å². The number of hydrogen-bond acceptors (Lipinski definition) is 7. The first kappa shape index (κ1) is 28.8. The van der Waals surface area contributed by atoms with Crippen molar-refractivity contribution < 1.29 is 33.3 Å². The highest BCUT2D eigenvalue weighted by Crippen LogP contribution is 2.42. The van der Waals surface area contributed by atoms with E-state index in [0.29, 0.717) is 37.2 Å². The maximum atomic E-state index is 12.5. The van der Waals surface area contributed by atoms with Crippen molar-refractivity contribution in [3.8, 4) is 5.75 Å². The van der Waals surface area contributed by atoms with Gasteiger partial charge in [-0.1, -0.05) is 25.6 Å². The smallest absolute Gasteiger partial charge is 0.331 e. The highest BCUT2D eigenvalue weighted by molar-refractivity contribution is 5.83. The van der Waals surface area contributed by atoms with Crippen molar-refractivity contribution in [1.82, 2.24) is 0 Å². The molecule has 0 spiro atoms. The lowest BCUT2D eigenvalue weighted by molar-refractivity contribution is -0.156. The van der Waals surface area contributed by atoms with Crippen LogP contribution in [0.1, 0.15) is 59.9 Å². The Morgan fingerprint density at radius 1 is 1.17 bits per heavy atom. The third-order valence-corrected chi connectivity index (χ3v) is 6.28. The van der Waals surface area contributed by atoms with E-state index in [0.717, 1.165) is 11.3 Å². The van der Waals surface area contributed by atoms with Crippen LogP contribution in [-0.4, -0.2) is 49.6 Å². The molecule has 3 atom stereocenters. The Bertz CT molecular complexity index is 916. The van der Waals surface area contributed by atoms with E-state index in [1.165, 1.54) is 6.08 Å². The van der Waals surface area contributed by atoms with Gasteiger partial charge in [-0.05, 0) is 69.9 Å². The summed E-state index contributed by atoms with van der Waals surface area (Å²) >= 11 is 0. The number of esters is 1. The van der Waals surface area contributed by atoms with Gasteiger partial charge in [-0.25, -0.2) is 4.79 Å². The van der Waals surface area contributed by atoms with Crippen LogP contribution in [0, 0.1) is 5.92 Å². The van der Waals surface area contributed by atoms with Crippen molar-refractivity contribution in [2.45, 2.75) is 78.5 Å². The van der Waals surface area contributed by atoms with Crippen LogP contribution in [0.15, 0.2) is 48.1 Å². The number of carbonyl (C=O) groups excluding carboxylic acids is 2. The van der Waals surface area contributed by atoms with Crippen molar-refractivity contribution in [3.05, 3.63) is 53.6 Å². The van der Waals surface area contributed by atoms with E-state index in [4.69, 9.17) is 23.7 Å². The van der Waals surface area contributed by atoms with Gasteiger partial charge >= 0.3 is 5.97 Å². The van der Waals surface area contributed by atoms with Gasteiger partial charge in [0.15, 0.2) is 5.79 Å². The fraction of sp³-hybridized carbons (Fsp3) is 0.571. The molecular formula is C28H40O7. The molecule has 0 amide bonds. The van der Waals surface area contributed by atoms with Crippen LogP contribution < -0.4 is 4.74 Å². The highest BCUT2D eigenvalue weighted by atomic mass is 16.8. The Hall–Kier alpha value is -2.48. The molecule has 35 heavy (non-hydrogen) atoms. The van der Waals surface area contributed by atoms with Gasteiger partial charge in [0, 0.05) is 25.0 Å². The van der Waals surface area contributed by atoms with Crippen LogP contribution >= 0.6 is 0 Å². The molecule has 194 valence electrons. The number of hydrogen-bond donors (Lipinski definition) is 0. The van der Waals surface area contributed by atoms with Crippen LogP contribution in [0.2, 0.25) is 0 Å². The maximum absolute atomic E-state index is 12.5. The van der Waals surface area contributed by atoms with E-state index >= 15 is 0 Å². The minimum atomic E-state index is -0.813. The lowest BCUT2D eigenvalue weighted by Crippen LogP contribution is -2.39. The number of Topliss-reactive ketones (excluding diaryl/α,β-unsaturated/α-hetero) is 1. The van der Waals surface area contributed by atoms with E-state index in [9.17, 15) is 9.59 Å². The molecule has 7 nitrogen and oxygen atoms in total. The molecule has 1 heterocycles. The molecular weight excluding hydrogens is 448 g/mol. The number of rotatable bonds is 13. The summed E-state index contributed by atoms with van der Waals surface area (Å²) in [6.45, 7) is 15.8. The minimum Gasteiger partial charge on any atom is -0.497 e. The van der Waals surface area contributed by atoms with Gasteiger partial charge in [-0.3, -0.25) is 4.79 Å². The average Bonchev–Trinajstić information content (AvgIpc) is 3.04. The SMILES string of the molecule is C=C(COC(=O)/C=C(\C)[C@@]1(C)OC(C)(C)O[C@@H]1CCOCc1ccc(OC)cc1)C[C@H](C)C(C)=O. The molecule has 2 rings (SSSR count). The summed E-state index contributed by atoms with van der Waals surface area (Å²) in [7, 11) is 1.64. The van der Waals surface area contributed by atoms with Crippen LogP contribution in [0.5, 0.6) is 5.75 Å². The van der Waals surface area contributed by atoms with Crippen molar-refractivity contribution in [2.24, 2.45) is 5.92 Å². The summed E-state index contributed by atoms with van der Waals surface area (Å²) in [6.07, 6.45) is 2.23. The van der Waals surface area contributed by atoms with Crippen molar-refractivity contribution in [3.63, 3.8) is 0 Å². The van der Waals surface area contributed by atoms with Crippen molar-refractivity contribution >= 4 is 11.8 Å². The molecule has 0 saturated carbocycles. The van der Waals surface area contributed by atoms with Crippen LogP contribution in [0.3, 0.4) is 0 Å². The molecule has 0 aromatic heterocycles. The maximum Gasteiger partial charge on any atom is 0.331 e. The first-order chi connectivity index (χ1) is 16.4. The monoisotopic (exact) mass is 488 g/mol. The fourth-order valence-corrected chi connectivity index (χ4v) is 4.00. The Kier molecular flexibility index (Phi) is 10.2. The second-order valence-electron chi connectivity index (χ2n) is 9.81. The van der Waals surface area contributed by atoms with Gasteiger partial charge in [0.05, 0.1) is 19.8 Å². The Morgan fingerprint density at radius 2 is 1.83 bits per heavy atom. The fourth-order valence-electron chi connectivity index (χ4n) is 4.00. The van der Waals surface area contributed by atoms with E-state index in [-0.39, 0.29) is 24.4 Å². The van der Waals surface area contributed by atoms with Gasteiger partial charge in [0.1, 0.15) is 23.7 Å². The van der Waals surface area contributed by atoms with Gasteiger partial charge in [0.2, 0.25) is 0 Å². The molecule has 1 aliphatic rings. The quantitative estimate of drug-likeness (QED) is 0.164. The molecule has 0 unspecified atom stereocenters. The zero-order chi connectivity index (χ0) is 26.2. The molecule has 0 bridgehead atoms. The molecule has 1 aliphatic heterocycles. The molecule has 1 fully saturated rings. The lowest BCUT2D eigenvalue weighted by Gasteiger charge is -2.30. The summed E-state index contributed by atoms with van der Waals surface area (Å²) < 4.78 is 28.8. The van der Waals surface area contributed by atoms with E-state index in [2.05, 4.69) is 6.58 Å². The van der Waals surface area contributed by atoms with Crippen LogP contribution in [0.25, 0.3) is 0 Å². The van der Waals surface area contributed by atoms with Crippen molar-refractivity contribution in [2.75, 3.05) is 20.3 Å². The summed E-state index contributed by atoms with van der Waals surface area (Å²) in [4.78, 5) is 23.9. The topological polar surface area (TPSA) is 80.3 Å². The Morgan fingerprint density at radius 3 is 2.43 bits per heavy atom. The average molecular weight is 489 g/mol. The van der Waals surface area contributed by atoms with Crippen LogP contribution in [-0.2, 0) is 35.1 Å². The summed E-state index contributed by atoms with van der Waals surface area (Å²) in [6, 6.07) is 7.74. The van der Waals surface area contributed by atoms with Gasteiger partial charge < -0.3 is 23.7 Å². The van der Waals surface area contributed by atoms with Crippen LogP contribution in [0.4, 0.5) is 0 Å². The van der Waals surface area contributed by atoms with E-state index < -0.39 is 17.4 Å². The van der Waals surface area contributed by atoms with E-state index in [1.54, 1.807) is 14.0 Å². The number of methoxy groups -OCH3 is 1. The third kappa shape index (κ3) is 8.60. The summed E-state index contributed by atoms with van der Waals surface area (Å²) in [5, 5.41) is 0. The molecule has 0 N–H and O–H groups in total. The predicted molar refractivity (Wildman–Crippen MR) is 134 cm³/mol. The first-order valence-corrected chi connectivity index (χ1v) is 12.0. The zero-order valence-electron chi connectivity index (χ0n) is 22.1. The largest absolute Gasteiger partial charge is 0.497 e. The third-order valence-electron chi connectivity index (χ3n) is 6.28. The Labute approximate surface area is 209 Å². The molecule has 1 saturated heterocycles. The summed E-state index contributed by atoms with van der Waals surface area (Å²) in [5.41, 5.74) is 1.64. The number of ether oxygens (including phenoxy) is 5. The number of ketones is 1. The van der Waals surface area contributed by atoms with Crippen molar-refractivity contribution in [1.29, 1.82) is 0 Å². The summed E-state index contributed by atoms with van der Waals surface area (Å²) in [5.74, 6) is -0.537. The number of benzene rings is 1.